The smallest absolute Gasteiger partial charge is 0.245 e. The summed E-state index contributed by atoms with van der Waals surface area (Å²) in [6, 6.07) is 9.86. The maximum Gasteiger partial charge on any atom is 0.245 e. The van der Waals surface area contributed by atoms with Crippen molar-refractivity contribution in [3.05, 3.63) is 42.2 Å². The molecule has 0 unspecified atom stereocenters. The normalized spacial score (nSPS) is 17.7. The molecule has 0 aliphatic heterocycles. The number of hydrogen-bond acceptors (Lipinski definition) is 4. The molecule has 1 N–H and O–H groups in total. The largest absolute Gasteiger partial charge is 0.352 e. The predicted molar refractivity (Wildman–Crippen MR) is 91.2 cm³/mol. The van der Waals surface area contributed by atoms with Gasteiger partial charge in [0.1, 0.15) is 12.4 Å². The Morgan fingerprint density at radius 3 is 2.50 bits per heavy atom. The van der Waals surface area contributed by atoms with E-state index in [9.17, 15) is 4.79 Å². The van der Waals surface area contributed by atoms with Crippen LogP contribution in [0.2, 0.25) is 0 Å². The SMILES string of the molecule is O=C(NC1CCCCCCC1)[C@@H](Cc1ccccc1)n1cnnn1. The Labute approximate surface area is 142 Å². The zero-order valence-corrected chi connectivity index (χ0v) is 14.0. The van der Waals surface area contributed by atoms with Crippen molar-refractivity contribution in [1.82, 2.24) is 25.5 Å². The van der Waals surface area contributed by atoms with Crippen molar-refractivity contribution in [1.29, 1.82) is 0 Å². The first-order valence-electron chi connectivity index (χ1n) is 8.90. The van der Waals surface area contributed by atoms with Crippen LogP contribution in [0.1, 0.15) is 56.6 Å². The van der Waals surface area contributed by atoms with Crippen LogP contribution >= 0.6 is 0 Å². The van der Waals surface area contributed by atoms with Crippen LogP contribution in [0.25, 0.3) is 0 Å². The van der Waals surface area contributed by atoms with Gasteiger partial charge in [-0.05, 0) is 28.8 Å². The molecule has 1 aliphatic carbocycles. The third kappa shape index (κ3) is 4.63. The summed E-state index contributed by atoms with van der Waals surface area (Å²) in [6.45, 7) is 0. The van der Waals surface area contributed by atoms with Crippen LogP contribution in [-0.2, 0) is 11.2 Å². The third-order valence-electron chi connectivity index (χ3n) is 4.71. The highest BCUT2D eigenvalue weighted by atomic mass is 16.2. The topological polar surface area (TPSA) is 72.7 Å². The summed E-state index contributed by atoms with van der Waals surface area (Å²) < 4.78 is 1.56. The zero-order chi connectivity index (χ0) is 16.6. The van der Waals surface area contributed by atoms with Crippen molar-refractivity contribution in [3.63, 3.8) is 0 Å². The van der Waals surface area contributed by atoms with E-state index in [0.29, 0.717) is 6.42 Å². The molecule has 1 atom stereocenters. The minimum absolute atomic E-state index is 0.0109. The average molecular weight is 327 g/mol. The maximum atomic E-state index is 12.9. The number of tetrazole rings is 1. The van der Waals surface area contributed by atoms with E-state index in [1.54, 1.807) is 4.68 Å². The van der Waals surface area contributed by atoms with Gasteiger partial charge >= 0.3 is 0 Å². The molecule has 6 heteroatoms. The first-order valence-corrected chi connectivity index (χ1v) is 8.90. The predicted octanol–water partition coefficient (Wildman–Crippen LogP) is 2.69. The summed E-state index contributed by atoms with van der Waals surface area (Å²) in [5.41, 5.74) is 1.10. The number of carbonyl (C=O) groups excluding carboxylic acids is 1. The molecule has 6 nitrogen and oxygen atoms in total. The van der Waals surface area contributed by atoms with E-state index in [1.165, 1.54) is 38.4 Å². The van der Waals surface area contributed by atoms with Gasteiger partial charge in [0.25, 0.3) is 0 Å². The molecule has 128 valence electrons. The van der Waals surface area contributed by atoms with Crippen LogP contribution in [-0.4, -0.2) is 32.2 Å². The second-order valence-corrected chi connectivity index (χ2v) is 6.55. The van der Waals surface area contributed by atoms with Gasteiger partial charge < -0.3 is 5.32 Å². The van der Waals surface area contributed by atoms with Gasteiger partial charge in [-0.2, -0.15) is 0 Å². The van der Waals surface area contributed by atoms with Crippen LogP contribution in [0.4, 0.5) is 0 Å². The summed E-state index contributed by atoms with van der Waals surface area (Å²) in [7, 11) is 0. The van der Waals surface area contributed by atoms with Crippen molar-refractivity contribution in [2.24, 2.45) is 0 Å². The second kappa shape index (κ2) is 8.57. The molecule has 1 aromatic carbocycles. The van der Waals surface area contributed by atoms with Gasteiger partial charge in [-0.15, -0.1) is 5.10 Å². The average Bonchev–Trinajstić information content (AvgIpc) is 3.10. The lowest BCUT2D eigenvalue weighted by atomic mass is 9.96. The number of benzene rings is 1. The molecule has 3 rings (SSSR count). The van der Waals surface area contributed by atoms with Crippen LogP contribution in [0.5, 0.6) is 0 Å². The van der Waals surface area contributed by atoms with E-state index >= 15 is 0 Å². The summed E-state index contributed by atoms with van der Waals surface area (Å²) in [5.74, 6) is 0.0109. The molecule has 0 bridgehead atoms. The first-order chi connectivity index (χ1) is 11.8. The van der Waals surface area contributed by atoms with Crippen molar-refractivity contribution in [2.45, 2.75) is 63.5 Å². The third-order valence-corrected chi connectivity index (χ3v) is 4.71. The molecule has 24 heavy (non-hydrogen) atoms. The number of aromatic nitrogens is 4. The monoisotopic (exact) mass is 327 g/mol. The Morgan fingerprint density at radius 2 is 1.83 bits per heavy atom. The van der Waals surface area contributed by atoms with Crippen LogP contribution in [0.15, 0.2) is 36.7 Å². The standard InChI is InChI=1S/C18H25N5O/c24-18(20-16-11-7-2-1-3-8-12-16)17(23-14-19-21-22-23)13-15-9-5-4-6-10-15/h4-6,9-10,14,16-17H,1-3,7-8,11-13H2,(H,20,24)/t17-/m1/s1. The highest BCUT2D eigenvalue weighted by Gasteiger charge is 2.24. The molecular formula is C18H25N5O. The molecule has 1 heterocycles. The number of rotatable bonds is 5. The molecule has 1 saturated carbocycles. The Kier molecular flexibility index (Phi) is 5.93. The fraction of sp³-hybridized carbons (Fsp3) is 0.556. The van der Waals surface area contributed by atoms with E-state index in [4.69, 9.17) is 0 Å². The van der Waals surface area contributed by atoms with Crippen molar-refractivity contribution in [2.75, 3.05) is 0 Å². The molecule has 0 radical (unpaired) electrons. The second-order valence-electron chi connectivity index (χ2n) is 6.55. The maximum absolute atomic E-state index is 12.9. The van der Waals surface area contributed by atoms with Crippen molar-refractivity contribution < 1.29 is 4.79 Å². The molecule has 1 fully saturated rings. The molecule has 0 spiro atoms. The van der Waals surface area contributed by atoms with Gasteiger partial charge in [-0.25, -0.2) is 4.68 Å². The Balaban J connectivity index is 1.68. The molecule has 2 aromatic rings. The fourth-order valence-corrected chi connectivity index (χ4v) is 3.35. The van der Waals surface area contributed by atoms with Crippen molar-refractivity contribution in [3.8, 4) is 0 Å². The Hall–Kier alpha value is -2.24. The highest BCUT2D eigenvalue weighted by Crippen LogP contribution is 2.19. The lowest BCUT2D eigenvalue weighted by Gasteiger charge is -2.24. The number of carbonyl (C=O) groups is 1. The van der Waals surface area contributed by atoms with E-state index in [-0.39, 0.29) is 11.9 Å². The molecular weight excluding hydrogens is 302 g/mol. The number of nitrogens with one attached hydrogen (secondary N) is 1. The minimum Gasteiger partial charge on any atom is -0.352 e. The van der Waals surface area contributed by atoms with Gasteiger partial charge in [0, 0.05) is 12.5 Å². The van der Waals surface area contributed by atoms with Crippen LogP contribution in [0, 0.1) is 0 Å². The first kappa shape index (κ1) is 16.6. The van der Waals surface area contributed by atoms with Crippen LogP contribution < -0.4 is 5.32 Å². The molecule has 1 aliphatic rings. The van der Waals surface area contributed by atoms with E-state index in [1.807, 2.05) is 30.3 Å². The minimum atomic E-state index is -0.409. The summed E-state index contributed by atoms with van der Waals surface area (Å²) in [5, 5.41) is 14.6. The van der Waals surface area contributed by atoms with Gasteiger partial charge in [-0.1, -0.05) is 62.4 Å². The highest BCUT2D eigenvalue weighted by molar-refractivity contribution is 5.80. The Bertz CT molecular complexity index is 606. The van der Waals surface area contributed by atoms with E-state index in [2.05, 4.69) is 20.8 Å². The summed E-state index contributed by atoms with van der Waals surface area (Å²) >= 11 is 0. The van der Waals surface area contributed by atoms with Gasteiger partial charge in [0.2, 0.25) is 5.91 Å². The number of hydrogen-bond donors (Lipinski definition) is 1. The number of amides is 1. The van der Waals surface area contributed by atoms with Gasteiger partial charge in [-0.3, -0.25) is 4.79 Å². The lowest BCUT2D eigenvalue weighted by molar-refractivity contribution is -0.125. The number of nitrogens with zero attached hydrogens (tertiary/aromatic N) is 4. The van der Waals surface area contributed by atoms with Gasteiger partial charge in [0.05, 0.1) is 0 Å². The molecule has 0 saturated heterocycles. The molecule has 1 amide bonds. The van der Waals surface area contributed by atoms with E-state index in [0.717, 1.165) is 18.4 Å². The van der Waals surface area contributed by atoms with Crippen LogP contribution in [0.3, 0.4) is 0 Å². The summed E-state index contributed by atoms with van der Waals surface area (Å²) in [6.07, 6.45) is 10.5. The fourth-order valence-electron chi connectivity index (χ4n) is 3.35. The Morgan fingerprint density at radius 1 is 1.12 bits per heavy atom. The zero-order valence-electron chi connectivity index (χ0n) is 14.0. The quantitative estimate of drug-likeness (QED) is 0.916. The molecule has 1 aromatic heterocycles. The lowest BCUT2D eigenvalue weighted by Crippen LogP contribution is -2.41. The van der Waals surface area contributed by atoms with E-state index < -0.39 is 6.04 Å². The van der Waals surface area contributed by atoms with Gasteiger partial charge in [0.15, 0.2) is 0 Å². The van der Waals surface area contributed by atoms with Crippen molar-refractivity contribution >= 4 is 5.91 Å². The summed E-state index contributed by atoms with van der Waals surface area (Å²) in [4.78, 5) is 12.9.